The highest BCUT2D eigenvalue weighted by atomic mass is 16.2. The Labute approximate surface area is 348 Å². The summed E-state index contributed by atoms with van der Waals surface area (Å²) in [7, 11) is 1.70. The van der Waals surface area contributed by atoms with Gasteiger partial charge in [0.25, 0.3) is 0 Å². The molecule has 56 heavy (non-hydrogen) atoms. The van der Waals surface area contributed by atoms with E-state index in [1.165, 1.54) is 129 Å². The quantitative estimate of drug-likeness (QED) is 0.0408. The molecule has 4 unspecified atom stereocenters. The molecule has 0 aliphatic heterocycles. The van der Waals surface area contributed by atoms with Crippen LogP contribution in [0, 0.1) is 5.92 Å². The van der Waals surface area contributed by atoms with Gasteiger partial charge in [0.15, 0.2) is 0 Å². The molecule has 334 valence electrons. The highest BCUT2D eigenvalue weighted by Crippen LogP contribution is 2.12. The van der Waals surface area contributed by atoms with Gasteiger partial charge >= 0.3 is 0 Å². The zero-order chi connectivity index (χ0) is 42.7. The zero-order valence-corrected chi connectivity index (χ0v) is 38.9. The smallest absolute Gasteiger partial charge is 0.242 e. The molecule has 4 amide bonds. The highest BCUT2D eigenvalue weighted by Gasteiger charge is 2.20. The summed E-state index contributed by atoms with van der Waals surface area (Å²) < 4.78 is 0. The fourth-order valence-corrected chi connectivity index (χ4v) is 6.59. The Morgan fingerprint density at radius 2 is 0.857 bits per heavy atom. The van der Waals surface area contributed by atoms with Crippen molar-refractivity contribution in [2.75, 3.05) is 20.1 Å². The first-order chi connectivity index (χ1) is 27.0. The Hall–Kier alpha value is -2.16. The van der Waals surface area contributed by atoms with Crippen LogP contribution in [0.5, 0.6) is 0 Å². The summed E-state index contributed by atoms with van der Waals surface area (Å²) in [6.07, 6.45) is 32.1. The number of hydrogen-bond acceptors (Lipinski definition) is 5. The normalized spacial score (nSPS) is 12.8. The van der Waals surface area contributed by atoms with Gasteiger partial charge in [0.1, 0.15) is 6.04 Å². The van der Waals surface area contributed by atoms with Gasteiger partial charge in [-0.15, -0.1) is 0 Å². The molecule has 9 nitrogen and oxygen atoms in total. The molecule has 0 rings (SSSR count). The summed E-state index contributed by atoms with van der Waals surface area (Å²) in [5.41, 5.74) is 0. The number of likely N-dealkylation sites (N-methyl/N-ethyl adjacent to an activating group) is 1. The average molecular weight is 796 g/mol. The molecule has 0 spiro atoms. The van der Waals surface area contributed by atoms with Gasteiger partial charge in [-0.05, 0) is 52.5 Å². The monoisotopic (exact) mass is 796 g/mol. The first kappa shape index (κ1) is 58.2. The molecule has 0 aliphatic carbocycles. The van der Waals surface area contributed by atoms with Gasteiger partial charge < -0.3 is 26.6 Å². The molecule has 4 atom stereocenters. The Balaban J connectivity index is -0.000000787. The van der Waals surface area contributed by atoms with Crippen molar-refractivity contribution in [3.8, 4) is 0 Å². The van der Waals surface area contributed by atoms with Crippen LogP contribution in [0.15, 0.2) is 0 Å². The fourth-order valence-electron chi connectivity index (χ4n) is 6.59. The summed E-state index contributed by atoms with van der Waals surface area (Å²) >= 11 is 0. The summed E-state index contributed by atoms with van der Waals surface area (Å²) in [5, 5.41) is 14.9. The van der Waals surface area contributed by atoms with Gasteiger partial charge in [-0.25, -0.2) is 0 Å². The molecule has 0 saturated carbocycles. The lowest BCUT2D eigenvalue weighted by Crippen LogP contribution is -2.48. The maximum atomic E-state index is 12.4. The largest absolute Gasteiger partial charge is 0.359 e. The van der Waals surface area contributed by atoms with Crippen LogP contribution in [0.2, 0.25) is 0 Å². The molecule has 0 aliphatic rings. The molecule has 0 bridgehead atoms. The van der Waals surface area contributed by atoms with E-state index in [0.29, 0.717) is 0 Å². The fraction of sp³-hybridized carbons (Fsp3) is 0.915. The van der Waals surface area contributed by atoms with E-state index in [-0.39, 0.29) is 47.7 Å². The molecule has 0 heterocycles. The molecule has 5 N–H and O–H groups in total. The predicted molar refractivity (Wildman–Crippen MR) is 242 cm³/mol. The van der Waals surface area contributed by atoms with E-state index < -0.39 is 0 Å². The van der Waals surface area contributed by atoms with Gasteiger partial charge in [0, 0.05) is 32.5 Å². The van der Waals surface area contributed by atoms with E-state index in [1.807, 2.05) is 13.8 Å². The number of hydrogen-bond donors (Lipinski definition) is 5. The maximum absolute atomic E-state index is 12.4. The van der Waals surface area contributed by atoms with E-state index in [4.69, 9.17) is 0 Å². The van der Waals surface area contributed by atoms with Crippen LogP contribution in [0.3, 0.4) is 0 Å². The zero-order valence-electron chi connectivity index (χ0n) is 38.9. The molecule has 0 aromatic rings. The number of carbonyl (C=O) groups excluding carboxylic acids is 4. The Bertz CT molecular complexity index is 887. The first-order valence-corrected chi connectivity index (χ1v) is 23.8. The molecule has 0 saturated heterocycles. The number of unbranched alkanes of at least 4 members (excludes halogenated alkanes) is 18. The number of rotatable bonds is 35. The third kappa shape index (κ3) is 41.5. The molecule has 9 heteroatoms. The molecular formula is C47H97N5O4. The summed E-state index contributed by atoms with van der Waals surface area (Å²) in [6, 6.07) is -0.194. The number of amides is 4. The summed E-state index contributed by atoms with van der Waals surface area (Å²) in [5.74, 6) is 0.384. The van der Waals surface area contributed by atoms with Crippen LogP contribution >= 0.6 is 0 Å². The molecule has 0 aromatic carbocycles. The van der Waals surface area contributed by atoms with Crippen molar-refractivity contribution in [3.63, 3.8) is 0 Å². The van der Waals surface area contributed by atoms with Crippen LogP contribution in [0.4, 0.5) is 0 Å². The van der Waals surface area contributed by atoms with E-state index in [2.05, 4.69) is 68.1 Å². The van der Waals surface area contributed by atoms with Crippen molar-refractivity contribution < 1.29 is 19.2 Å². The van der Waals surface area contributed by atoms with Crippen molar-refractivity contribution in [1.82, 2.24) is 26.6 Å². The number of carbonyl (C=O) groups is 4. The average Bonchev–Trinajstić information content (AvgIpc) is 3.17. The van der Waals surface area contributed by atoms with Crippen LogP contribution < -0.4 is 26.6 Å². The lowest BCUT2D eigenvalue weighted by Gasteiger charge is -2.21. The SMILES string of the molecule is CCCCCCCC(C)C(=O)NC.CCCCCCCC(C)NC(=O)C(CCCCCCC)NC(C)=O.CCCCCCCC(NCCCCC)C(=O)NCC. The number of nitrogens with one attached hydrogen (secondary N) is 5. The van der Waals surface area contributed by atoms with Gasteiger partial charge in [-0.2, -0.15) is 0 Å². The lowest BCUT2D eigenvalue weighted by molar-refractivity contribution is -0.128. The first-order valence-electron chi connectivity index (χ1n) is 23.8. The summed E-state index contributed by atoms with van der Waals surface area (Å²) in [6.45, 7) is 20.3. The van der Waals surface area contributed by atoms with Crippen molar-refractivity contribution in [1.29, 1.82) is 0 Å². The topological polar surface area (TPSA) is 128 Å². The van der Waals surface area contributed by atoms with Crippen LogP contribution in [0.1, 0.15) is 236 Å². The molecule has 0 fully saturated rings. The van der Waals surface area contributed by atoms with Crippen molar-refractivity contribution in [2.24, 2.45) is 5.92 Å². The molecule has 0 radical (unpaired) electrons. The second-order valence-electron chi connectivity index (χ2n) is 16.1. The Morgan fingerprint density at radius 1 is 0.446 bits per heavy atom. The van der Waals surface area contributed by atoms with Crippen LogP contribution in [-0.4, -0.2) is 61.9 Å². The van der Waals surface area contributed by atoms with E-state index in [0.717, 1.165) is 64.5 Å². The minimum atomic E-state index is -0.383. The van der Waals surface area contributed by atoms with Crippen molar-refractivity contribution in [2.45, 2.75) is 254 Å². The van der Waals surface area contributed by atoms with E-state index >= 15 is 0 Å². The van der Waals surface area contributed by atoms with Gasteiger partial charge in [0.2, 0.25) is 23.6 Å². The standard InChI is InChI=1S/C20H40N2O2.C16H34N2O.C11H23NO/c1-5-7-9-11-13-15-17(3)21-20(24)19(22-18(4)23)16-14-12-10-8-6-2;1-4-7-9-10-11-13-15(16(19)17-6-3)18-14-12-8-5-2;1-4-5-6-7-8-9-10(2)11(13)12-3/h17,19H,5-16H2,1-4H3,(H,21,24)(H,22,23);15,18H,4-14H2,1-3H3,(H,17,19);10H,4-9H2,1-3H3,(H,12,13). The predicted octanol–water partition coefficient (Wildman–Crippen LogP) is 11.1. The molecule has 0 aromatic heterocycles. The van der Waals surface area contributed by atoms with Gasteiger partial charge in [-0.3, -0.25) is 19.2 Å². The van der Waals surface area contributed by atoms with Gasteiger partial charge in [0.05, 0.1) is 6.04 Å². The van der Waals surface area contributed by atoms with Gasteiger partial charge in [-0.1, -0.05) is 183 Å². The highest BCUT2D eigenvalue weighted by molar-refractivity contribution is 5.87. The van der Waals surface area contributed by atoms with E-state index in [9.17, 15) is 19.2 Å². The van der Waals surface area contributed by atoms with E-state index in [1.54, 1.807) is 7.05 Å². The molecular weight excluding hydrogens is 699 g/mol. The third-order valence-corrected chi connectivity index (χ3v) is 10.3. The second-order valence-corrected chi connectivity index (χ2v) is 16.1. The van der Waals surface area contributed by atoms with Crippen LogP contribution in [0.25, 0.3) is 0 Å². The minimum Gasteiger partial charge on any atom is -0.359 e. The Kier molecular flexibility index (Phi) is 47.3. The maximum Gasteiger partial charge on any atom is 0.242 e. The second kappa shape index (κ2) is 45.5. The van der Waals surface area contributed by atoms with Crippen LogP contribution in [-0.2, 0) is 19.2 Å². The summed E-state index contributed by atoms with van der Waals surface area (Å²) in [4.78, 5) is 46.9. The third-order valence-electron chi connectivity index (χ3n) is 10.3. The Morgan fingerprint density at radius 3 is 1.29 bits per heavy atom. The van der Waals surface area contributed by atoms with Crippen molar-refractivity contribution in [3.05, 3.63) is 0 Å². The lowest BCUT2D eigenvalue weighted by atomic mass is 10.0. The van der Waals surface area contributed by atoms with Crippen molar-refractivity contribution >= 4 is 23.6 Å². The minimum absolute atomic E-state index is 0.0124.